The van der Waals surface area contributed by atoms with Crippen LogP contribution in [-0.2, 0) is 14.6 Å². The number of piperidine rings is 2. The van der Waals surface area contributed by atoms with Crippen LogP contribution >= 0.6 is 0 Å². The predicted molar refractivity (Wildman–Crippen MR) is 113 cm³/mol. The number of hydrogen-bond donors (Lipinski definition) is 0. The van der Waals surface area contributed by atoms with Crippen molar-refractivity contribution in [3.63, 3.8) is 0 Å². The molecule has 3 heterocycles. The fraction of sp³-hybridized carbons (Fsp3) is 0.571. The molecular formula is C21H28N4O3S. The first-order valence-electron chi connectivity index (χ1n) is 10.3. The van der Waals surface area contributed by atoms with Crippen LogP contribution in [0.25, 0.3) is 10.9 Å². The zero-order valence-corrected chi connectivity index (χ0v) is 17.9. The summed E-state index contributed by atoms with van der Waals surface area (Å²) in [6, 6.07) is 4.97. The molecule has 29 heavy (non-hydrogen) atoms. The third kappa shape index (κ3) is 4.22. The van der Waals surface area contributed by atoms with Crippen LogP contribution in [0.3, 0.4) is 0 Å². The standard InChI is InChI=1S/C21H28N4O3S/c1-15-5-9-25(10-6-15)21(26)16-7-11-24(12-8-16)20-18-13-17(29(2,27)28)3-4-19(18)22-14-23-20/h3-4,13-16H,5-12H2,1-2H3. The Morgan fingerprint density at radius 2 is 1.72 bits per heavy atom. The maximum absolute atomic E-state index is 12.9. The molecule has 0 spiro atoms. The fourth-order valence-corrected chi connectivity index (χ4v) is 4.98. The van der Waals surface area contributed by atoms with Gasteiger partial charge >= 0.3 is 0 Å². The molecule has 2 aliphatic heterocycles. The van der Waals surface area contributed by atoms with Crippen LogP contribution in [0.2, 0.25) is 0 Å². The molecule has 0 N–H and O–H groups in total. The molecule has 8 heteroatoms. The van der Waals surface area contributed by atoms with Crippen LogP contribution in [-0.4, -0.2) is 61.6 Å². The second-order valence-electron chi connectivity index (χ2n) is 8.42. The summed E-state index contributed by atoms with van der Waals surface area (Å²) in [6.07, 6.45) is 6.50. The van der Waals surface area contributed by atoms with E-state index >= 15 is 0 Å². The van der Waals surface area contributed by atoms with Crippen LogP contribution in [0.4, 0.5) is 5.82 Å². The molecule has 1 aromatic heterocycles. The van der Waals surface area contributed by atoms with Gasteiger partial charge in [-0.3, -0.25) is 4.79 Å². The quantitative estimate of drug-likeness (QED) is 0.765. The first-order chi connectivity index (χ1) is 13.8. The highest BCUT2D eigenvalue weighted by molar-refractivity contribution is 7.90. The van der Waals surface area contributed by atoms with Crippen molar-refractivity contribution in [2.75, 3.05) is 37.3 Å². The van der Waals surface area contributed by atoms with Crippen molar-refractivity contribution in [2.45, 2.75) is 37.5 Å². The number of fused-ring (bicyclic) bond motifs is 1. The number of likely N-dealkylation sites (tertiary alicyclic amines) is 1. The summed E-state index contributed by atoms with van der Waals surface area (Å²) in [5.41, 5.74) is 0.725. The number of nitrogens with zero attached hydrogens (tertiary/aromatic N) is 4. The Hall–Kier alpha value is -2.22. The van der Waals surface area contributed by atoms with Gasteiger partial charge in [-0.15, -0.1) is 0 Å². The van der Waals surface area contributed by atoms with Gasteiger partial charge in [0.15, 0.2) is 9.84 Å². The maximum atomic E-state index is 12.9. The first-order valence-corrected chi connectivity index (χ1v) is 12.2. The number of amides is 1. The topological polar surface area (TPSA) is 83.5 Å². The monoisotopic (exact) mass is 416 g/mol. The summed E-state index contributed by atoms with van der Waals surface area (Å²) >= 11 is 0. The highest BCUT2D eigenvalue weighted by Gasteiger charge is 2.31. The van der Waals surface area contributed by atoms with Gasteiger partial charge in [0, 0.05) is 43.7 Å². The minimum atomic E-state index is -3.30. The molecule has 2 aliphatic rings. The molecule has 1 amide bonds. The Kier molecular flexibility index (Phi) is 5.46. The number of rotatable bonds is 3. The number of benzene rings is 1. The van der Waals surface area contributed by atoms with Crippen LogP contribution in [0.1, 0.15) is 32.6 Å². The Labute approximate surface area is 172 Å². The van der Waals surface area contributed by atoms with Gasteiger partial charge in [-0.1, -0.05) is 6.92 Å². The lowest BCUT2D eigenvalue weighted by molar-refractivity contribution is -0.137. The average Bonchev–Trinajstić information content (AvgIpc) is 2.72. The van der Waals surface area contributed by atoms with Gasteiger partial charge < -0.3 is 9.80 Å². The molecule has 2 fully saturated rings. The minimum Gasteiger partial charge on any atom is -0.356 e. The van der Waals surface area contributed by atoms with Crippen LogP contribution < -0.4 is 4.90 Å². The predicted octanol–water partition coefficient (Wildman–Crippen LogP) is 2.51. The molecular weight excluding hydrogens is 388 g/mol. The zero-order chi connectivity index (χ0) is 20.6. The number of sulfone groups is 1. The number of carbonyl (C=O) groups is 1. The van der Waals surface area contributed by atoms with E-state index in [-0.39, 0.29) is 10.8 Å². The van der Waals surface area contributed by atoms with Gasteiger partial charge in [0.1, 0.15) is 12.1 Å². The van der Waals surface area contributed by atoms with Gasteiger partial charge in [0.2, 0.25) is 5.91 Å². The molecule has 2 aromatic rings. The van der Waals surface area contributed by atoms with Gasteiger partial charge in [-0.05, 0) is 49.8 Å². The second kappa shape index (κ2) is 7.89. The van der Waals surface area contributed by atoms with Gasteiger partial charge in [0.25, 0.3) is 0 Å². The summed E-state index contributed by atoms with van der Waals surface area (Å²) in [4.78, 5) is 26.1. The molecule has 0 atom stereocenters. The highest BCUT2D eigenvalue weighted by atomic mass is 32.2. The van der Waals surface area contributed by atoms with Gasteiger partial charge in [-0.2, -0.15) is 0 Å². The van der Waals surface area contributed by atoms with E-state index in [9.17, 15) is 13.2 Å². The van der Waals surface area contributed by atoms with E-state index in [4.69, 9.17) is 0 Å². The number of aromatic nitrogens is 2. The smallest absolute Gasteiger partial charge is 0.225 e. The van der Waals surface area contributed by atoms with Gasteiger partial charge in [-0.25, -0.2) is 18.4 Å². The highest BCUT2D eigenvalue weighted by Crippen LogP contribution is 2.30. The van der Waals surface area contributed by atoms with E-state index < -0.39 is 9.84 Å². The Morgan fingerprint density at radius 1 is 1.03 bits per heavy atom. The van der Waals surface area contributed by atoms with Crippen molar-refractivity contribution in [3.8, 4) is 0 Å². The van der Waals surface area contributed by atoms with E-state index in [0.717, 1.165) is 68.6 Å². The molecule has 1 aromatic carbocycles. The Bertz CT molecular complexity index is 1010. The lowest BCUT2D eigenvalue weighted by Crippen LogP contribution is -2.45. The van der Waals surface area contributed by atoms with E-state index in [1.165, 1.54) is 12.6 Å². The largest absolute Gasteiger partial charge is 0.356 e. The maximum Gasteiger partial charge on any atom is 0.225 e. The average molecular weight is 417 g/mol. The normalized spacial score (nSPS) is 19.7. The molecule has 156 valence electrons. The van der Waals surface area contributed by atoms with E-state index in [0.29, 0.717) is 11.8 Å². The molecule has 0 bridgehead atoms. The molecule has 0 aliphatic carbocycles. The molecule has 7 nitrogen and oxygen atoms in total. The van der Waals surface area contributed by atoms with Gasteiger partial charge in [0.05, 0.1) is 10.4 Å². The van der Waals surface area contributed by atoms with Crippen LogP contribution in [0, 0.1) is 11.8 Å². The molecule has 0 radical (unpaired) electrons. The summed E-state index contributed by atoms with van der Waals surface area (Å²) in [5.74, 6) is 1.82. The third-order valence-corrected chi connectivity index (χ3v) is 7.36. The lowest BCUT2D eigenvalue weighted by atomic mass is 9.92. The van der Waals surface area contributed by atoms with Crippen molar-refractivity contribution < 1.29 is 13.2 Å². The van der Waals surface area contributed by atoms with Crippen molar-refractivity contribution in [3.05, 3.63) is 24.5 Å². The van der Waals surface area contributed by atoms with E-state index in [1.54, 1.807) is 18.2 Å². The molecule has 4 rings (SSSR count). The Morgan fingerprint density at radius 3 is 2.38 bits per heavy atom. The zero-order valence-electron chi connectivity index (χ0n) is 17.0. The molecule has 0 unspecified atom stereocenters. The van der Waals surface area contributed by atoms with Crippen molar-refractivity contribution in [1.82, 2.24) is 14.9 Å². The second-order valence-corrected chi connectivity index (χ2v) is 10.4. The minimum absolute atomic E-state index is 0.0688. The number of anilines is 1. The van der Waals surface area contributed by atoms with Crippen LogP contribution in [0.5, 0.6) is 0 Å². The van der Waals surface area contributed by atoms with E-state index in [1.807, 2.05) is 4.90 Å². The summed E-state index contributed by atoms with van der Waals surface area (Å²) in [5, 5.41) is 0.741. The third-order valence-electron chi connectivity index (χ3n) is 6.25. The number of carbonyl (C=O) groups excluding carboxylic acids is 1. The fourth-order valence-electron chi connectivity index (χ4n) is 4.33. The van der Waals surface area contributed by atoms with Crippen molar-refractivity contribution in [2.24, 2.45) is 11.8 Å². The van der Waals surface area contributed by atoms with E-state index in [2.05, 4.69) is 21.8 Å². The summed E-state index contributed by atoms with van der Waals surface area (Å²) in [7, 11) is -3.30. The van der Waals surface area contributed by atoms with Crippen molar-refractivity contribution in [1.29, 1.82) is 0 Å². The SMILES string of the molecule is CC1CCN(C(=O)C2CCN(c3ncnc4ccc(S(C)(=O)=O)cc34)CC2)CC1. The summed E-state index contributed by atoms with van der Waals surface area (Å²) in [6.45, 7) is 5.48. The first kappa shape index (κ1) is 20.1. The summed E-state index contributed by atoms with van der Waals surface area (Å²) < 4.78 is 23.9. The molecule has 2 saturated heterocycles. The number of hydrogen-bond acceptors (Lipinski definition) is 6. The van der Waals surface area contributed by atoms with Crippen LogP contribution in [0.15, 0.2) is 29.4 Å². The lowest BCUT2D eigenvalue weighted by Gasteiger charge is -2.37. The Balaban J connectivity index is 1.50. The molecule has 0 saturated carbocycles. The van der Waals surface area contributed by atoms with Crippen molar-refractivity contribution >= 4 is 32.5 Å².